The zero-order valence-electron chi connectivity index (χ0n) is 13.8. The molecular weight excluding hydrogens is 324 g/mol. The largest absolute Gasteiger partial charge is 0.326 e. The smallest absolute Gasteiger partial charge is 0.243 e. The van der Waals surface area contributed by atoms with E-state index in [2.05, 4.69) is 18.5 Å². The van der Waals surface area contributed by atoms with Gasteiger partial charge in [0.15, 0.2) is 0 Å². The summed E-state index contributed by atoms with van der Waals surface area (Å²) in [6.45, 7) is 7.61. The summed E-state index contributed by atoms with van der Waals surface area (Å²) in [6.07, 6.45) is 7.12. The van der Waals surface area contributed by atoms with Crippen molar-refractivity contribution in [1.29, 1.82) is 0 Å². The van der Waals surface area contributed by atoms with Gasteiger partial charge < -0.3 is 5.32 Å². The Hall–Kier alpha value is -1.92. The van der Waals surface area contributed by atoms with Crippen molar-refractivity contribution in [2.75, 3.05) is 18.4 Å². The lowest BCUT2D eigenvalue weighted by molar-refractivity contribution is -0.119. The summed E-state index contributed by atoms with van der Waals surface area (Å²) in [5.74, 6) is 0.0899. The van der Waals surface area contributed by atoms with E-state index in [1.165, 1.54) is 28.6 Å². The number of nitrogens with one attached hydrogen (secondary N) is 1. The van der Waals surface area contributed by atoms with E-state index in [9.17, 15) is 13.2 Å². The number of carbonyl (C=O) groups is 1. The average Bonchev–Trinajstić information content (AvgIpc) is 3.10. The minimum Gasteiger partial charge on any atom is -0.326 e. The molecule has 0 bridgehead atoms. The molecule has 130 valence electrons. The molecule has 1 aromatic carbocycles. The lowest BCUT2D eigenvalue weighted by Gasteiger charge is -2.19. The van der Waals surface area contributed by atoms with Crippen molar-refractivity contribution < 1.29 is 13.2 Å². The molecule has 0 aromatic heterocycles. The Bertz CT molecular complexity index is 679. The Labute approximate surface area is 144 Å². The molecule has 1 saturated carbocycles. The van der Waals surface area contributed by atoms with Gasteiger partial charge in [-0.15, -0.1) is 13.2 Å². The van der Waals surface area contributed by atoms with Crippen LogP contribution in [0.1, 0.15) is 25.7 Å². The molecule has 6 heteroatoms. The normalized spacial score (nSPS) is 15.4. The summed E-state index contributed by atoms with van der Waals surface area (Å²) in [4.78, 5) is 12.3. The van der Waals surface area contributed by atoms with Crippen LogP contribution in [0, 0.1) is 5.92 Å². The lowest BCUT2D eigenvalue weighted by atomic mass is 10.1. The van der Waals surface area contributed by atoms with Crippen LogP contribution >= 0.6 is 0 Å². The van der Waals surface area contributed by atoms with Gasteiger partial charge in [0.2, 0.25) is 15.9 Å². The lowest BCUT2D eigenvalue weighted by Crippen LogP contribution is -2.31. The van der Waals surface area contributed by atoms with E-state index in [0.717, 1.165) is 25.7 Å². The summed E-state index contributed by atoms with van der Waals surface area (Å²) < 4.78 is 26.5. The molecule has 0 spiro atoms. The van der Waals surface area contributed by atoms with Gasteiger partial charge in [-0.25, -0.2) is 8.42 Å². The highest BCUT2D eigenvalue weighted by Crippen LogP contribution is 2.26. The zero-order valence-corrected chi connectivity index (χ0v) is 14.6. The molecule has 1 aromatic rings. The molecule has 1 amide bonds. The number of sulfonamides is 1. The summed E-state index contributed by atoms with van der Waals surface area (Å²) >= 11 is 0. The van der Waals surface area contributed by atoms with Crippen molar-refractivity contribution in [2.45, 2.75) is 30.6 Å². The van der Waals surface area contributed by atoms with Gasteiger partial charge in [-0.3, -0.25) is 4.79 Å². The first-order valence-corrected chi connectivity index (χ1v) is 9.56. The van der Waals surface area contributed by atoms with Crippen LogP contribution in [0.4, 0.5) is 5.69 Å². The molecule has 2 rings (SSSR count). The van der Waals surface area contributed by atoms with Crippen LogP contribution in [0.25, 0.3) is 0 Å². The molecule has 1 aliphatic carbocycles. The maximum Gasteiger partial charge on any atom is 0.243 e. The molecule has 1 fully saturated rings. The number of rotatable bonds is 8. The van der Waals surface area contributed by atoms with Gasteiger partial charge in [-0.2, -0.15) is 4.31 Å². The minimum absolute atomic E-state index is 0.0167. The van der Waals surface area contributed by atoms with E-state index < -0.39 is 10.0 Å². The van der Waals surface area contributed by atoms with Crippen molar-refractivity contribution in [3.8, 4) is 0 Å². The first-order chi connectivity index (χ1) is 11.5. The Balaban J connectivity index is 2.10. The van der Waals surface area contributed by atoms with Crippen LogP contribution < -0.4 is 5.32 Å². The van der Waals surface area contributed by atoms with E-state index in [1.54, 1.807) is 12.1 Å². The Kier molecular flexibility index (Phi) is 6.34. The van der Waals surface area contributed by atoms with E-state index in [4.69, 9.17) is 0 Å². The summed E-state index contributed by atoms with van der Waals surface area (Å²) in [5, 5.41) is 2.86. The number of amides is 1. The molecule has 1 N–H and O–H groups in total. The number of carbonyl (C=O) groups excluding carboxylic acids is 1. The monoisotopic (exact) mass is 348 g/mol. The second-order valence-electron chi connectivity index (χ2n) is 5.89. The minimum atomic E-state index is -3.61. The first kappa shape index (κ1) is 18.4. The van der Waals surface area contributed by atoms with Gasteiger partial charge in [0.25, 0.3) is 0 Å². The SMILES string of the molecule is C=CCN(CC=C)S(=O)(=O)c1ccc(NC(=O)C2CCCC2)cc1. The third-order valence-electron chi connectivity index (χ3n) is 4.15. The highest BCUT2D eigenvalue weighted by Gasteiger charge is 2.24. The van der Waals surface area contributed by atoms with Gasteiger partial charge in [0.1, 0.15) is 0 Å². The average molecular weight is 348 g/mol. The fourth-order valence-corrected chi connectivity index (χ4v) is 4.23. The fraction of sp³-hybridized carbons (Fsp3) is 0.389. The quantitative estimate of drug-likeness (QED) is 0.734. The second kappa shape index (κ2) is 8.26. The van der Waals surface area contributed by atoms with E-state index in [-0.39, 0.29) is 29.8 Å². The van der Waals surface area contributed by atoms with Crippen LogP contribution in [-0.2, 0) is 14.8 Å². The maximum atomic E-state index is 12.6. The maximum absolute atomic E-state index is 12.6. The van der Waals surface area contributed by atoms with Crippen molar-refractivity contribution >= 4 is 21.6 Å². The van der Waals surface area contributed by atoms with E-state index in [0.29, 0.717) is 5.69 Å². The van der Waals surface area contributed by atoms with Crippen molar-refractivity contribution in [3.63, 3.8) is 0 Å². The van der Waals surface area contributed by atoms with Crippen molar-refractivity contribution in [1.82, 2.24) is 4.31 Å². The third-order valence-corrected chi connectivity index (χ3v) is 6.00. The fourth-order valence-electron chi connectivity index (χ4n) is 2.85. The second-order valence-corrected chi connectivity index (χ2v) is 7.83. The van der Waals surface area contributed by atoms with Gasteiger partial charge in [0, 0.05) is 24.7 Å². The molecule has 0 radical (unpaired) electrons. The predicted octanol–water partition coefficient (Wildman–Crippen LogP) is 3.18. The number of anilines is 1. The number of benzene rings is 1. The summed E-state index contributed by atoms with van der Waals surface area (Å²) in [7, 11) is -3.61. The van der Waals surface area contributed by atoms with Gasteiger partial charge in [0.05, 0.1) is 4.90 Å². The third kappa shape index (κ3) is 4.33. The van der Waals surface area contributed by atoms with Crippen LogP contribution in [0.2, 0.25) is 0 Å². The highest BCUT2D eigenvalue weighted by atomic mass is 32.2. The molecule has 1 aliphatic rings. The molecule has 0 heterocycles. The Morgan fingerprint density at radius 2 is 1.67 bits per heavy atom. The van der Waals surface area contributed by atoms with E-state index in [1.807, 2.05) is 0 Å². The van der Waals surface area contributed by atoms with Crippen molar-refractivity contribution in [3.05, 3.63) is 49.6 Å². The molecular formula is C18H24N2O3S. The number of hydrogen-bond donors (Lipinski definition) is 1. The van der Waals surface area contributed by atoms with Crippen LogP contribution in [-0.4, -0.2) is 31.7 Å². The summed E-state index contributed by atoms with van der Waals surface area (Å²) in [6, 6.07) is 6.27. The molecule has 0 aliphatic heterocycles. The van der Waals surface area contributed by atoms with Crippen LogP contribution in [0.3, 0.4) is 0 Å². The molecule has 0 atom stereocenters. The first-order valence-electron chi connectivity index (χ1n) is 8.12. The van der Waals surface area contributed by atoms with Crippen LogP contribution in [0.15, 0.2) is 54.5 Å². The van der Waals surface area contributed by atoms with Crippen LogP contribution in [0.5, 0.6) is 0 Å². The van der Waals surface area contributed by atoms with Gasteiger partial charge in [-0.05, 0) is 37.1 Å². The summed E-state index contributed by atoms with van der Waals surface area (Å²) in [5.41, 5.74) is 0.616. The molecule has 0 unspecified atom stereocenters. The van der Waals surface area contributed by atoms with Crippen molar-refractivity contribution in [2.24, 2.45) is 5.92 Å². The molecule has 5 nitrogen and oxygen atoms in total. The molecule has 0 saturated heterocycles. The van der Waals surface area contributed by atoms with Gasteiger partial charge >= 0.3 is 0 Å². The zero-order chi connectivity index (χ0) is 17.6. The predicted molar refractivity (Wildman–Crippen MR) is 96.2 cm³/mol. The van der Waals surface area contributed by atoms with Gasteiger partial charge in [-0.1, -0.05) is 25.0 Å². The van der Waals surface area contributed by atoms with E-state index >= 15 is 0 Å². The Morgan fingerprint density at radius 1 is 1.12 bits per heavy atom. The standard InChI is InChI=1S/C18H24N2O3S/c1-3-13-20(14-4-2)24(22,23)17-11-9-16(10-12-17)19-18(21)15-7-5-6-8-15/h3-4,9-12,15H,1-2,5-8,13-14H2,(H,19,21). The Morgan fingerprint density at radius 3 is 2.17 bits per heavy atom. The number of hydrogen-bond acceptors (Lipinski definition) is 3. The number of nitrogens with zero attached hydrogens (tertiary/aromatic N) is 1. The highest BCUT2D eigenvalue weighted by molar-refractivity contribution is 7.89. The topological polar surface area (TPSA) is 66.5 Å². The molecule has 24 heavy (non-hydrogen) atoms.